The molecule has 0 radical (unpaired) electrons. The molecule has 10 nitrogen and oxygen atoms in total. The molecule has 0 saturated carbocycles. The van der Waals surface area contributed by atoms with Crippen LogP contribution < -0.4 is 4.74 Å². The second-order valence-corrected chi connectivity index (χ2v) is 5.95. The van der Waals surface area contributed by atoms with Crippen molar-refractivity contribution in [1.82, 2.24) is 0 Å². The minimum absolute atomic E-state index is 0.157. The van der Waals surface area contributed by atoms with Crippen LogP contribution in [0.2, 0.25) is 0 Å². The molecule has 1 heterocycles. The van der Waals surface area contributed by atoms with E-state index in [1.807, 2.05) is 0 Å². The molecular formula is C18H20O10. The van der Waals surface area contributed by atoms with Gasteiger partial charge >= 0.3 is 29.7 Å². The highest BCUT2D eigenvalue weighted by molar-refractivity contribution is 5.75. The summed E-state index contributed by atoms with van der Waals surface area (Å²) in [6.07, 6.45) is -4.91. The molecule has 10 heteroatoms. The molecule has 152 valence electrons. The fourth-order valence-corrected chi connectivity index (χ4v) is 2.79. The number of esters is 3. The Balaban J connectivity index is 2.63. The predicted molar refractivity (Wildman–Crippen MR) is 90.1 cm³/mol. The minimum Gasteiger partial charge on any atom is -0.479 e. The molecule has 1 aromatic carbocycles. The summed E-state index contributed by atoms with van der Waals surface area (Å²) in [5, 5.41) is 9.50. The van der Waals surface area contributed by atoms with Crippen molar-refractivity contribution in [3.63, 3.8) is 0 Å². The van der Waals surface area contributed by atoms with Crippen molar-refractivity contribution >= 4 is 23.9 Å². The number of hydrogen-bond acceptors (Lipinski definition) is 9. The van der Waals surface area contributed by atoms with E-state index < -0.39 is 54.6 Å². The first kappa shape index (κ1) is 21.2. The summed E-state index contributed by atoms with van der Waals surface area (Å²) in [5.74, 6) is -6.14. The van der Waals surface area contributed by atoms with E-state index >= 15 is 0 Å². The summed E-state index contributed by atoms with van der Waals surface area (Å²) in [6, 6.07) is 7.94. The normalized spacial score (nSPS) is 26.6. The van der Waals surface area contributed by atoms with Gasteiger partial charge in [0.2, 0.25) is 12.2 Å². The second kappa shape index (κ2) is 8.70. The Morgan fingerprint density at radius 3 is 2.11 bits per heavy atom. The van der Waals surface area contributed by atoms with Crippen LogP contribution in [0.25, 0.3) is 0 Å². The molecule has 1 aliphatic heterocycles. The Kier molecular flexibility index (Phi) is 6.57. The van der Waals surface area contributed by atoms with Crippen LogP contribution in [0.4, 0.5) is 0 Å². The van der Waals surface area contributed by atoms with Gasteiger partial charge in [0.15, 0.2) is 6.10 Å². The molecule has 0 aromatic heterocycles. The lowest BCUT2D eigenvalue weighted by Gasteiger charge is -2.47. The van der Waals surface area contributed by atoms with Gasteiger partial charge in [-0.2, -0.15) is 0 Å². The van der Waals surface area contributed by atoms with Crippen LogP contribution in [0.5, 0.6) is 5.75 Å². The first-order chi connectivity index (χ1) is 13.2. The van der Waals surface area contributed by atoms with Gasteiger partial charge in [0.05, 0.1) is 6.61 Å². The van der Waals surface area contributed by atoms with Gasteiger partial charge in [-0.3, -0.25) is 14.4 Å². The van der Waals surface area contributed by atoms with Crippen LogP contribution in [0.3, 0.4) is 0 Å². The average Bonchev–Trinajstić information content (AvgIpc) is 2.58. The lowest BCUT2D eigenvalue weighted by molar-refractivity contribution is -0.323. The van der Waals surface area contributed by atoms with Crippen LogP contribution in [-0.4, -0.2) is 59.7 Å². The highest BCUT2D eigenvalue weighted by Gasteiger charge is 2.64. The smallest absolute Gasteiger partial charge is 0.337 e. The van der Waals surface area contributed by atoms with Crippen LogP contribution in [0, 0.1) is 0 Å². The van der Waals surface area contributed by atoms with Gasteiger partial charge in [0.1, 0.15) is 5.75 Å². The fraction of sp³-hybridized carbons (Fsp3) is 0.444. The topological polar surface area (TPSA) is 135 Å². The zero-order chi connectivity index (χ0) is 20.9. The Hall–Kier alpha value is -3.14. The van der Waals surface area contributed by atoms with Gasteiger partial charge in [-0.05, 0) is 12.1 Å². The van der Waals surface area contributed by atoms with Gasteiger partial charge in [0.25, 0.3) is 0 Å². The predicted octanol–water partition coefficient (Wildman–Crippen LogP) is 0.672. The molecule has 4 unspecified atom stereocenters. The van der Waals surface area contributed by atoms with Crippen LogP contribution in [-0.2, 0) is 38.1 Å². The number of carboxylic acids is 1. The fourth-order valence-electron chi connectivity index (χ4n) is 2.79. The average molecular weight is 396 g/mol. The summed E-state index contributed by atoms with van der Waals surface area (Å²) in [6.45, 7) is 2.71. The molecule has 1 N–H and O–H groups in total. The summed E-state index contributed by atoms with van der Waals surface area (Å²) >= 11 is 0. The largest absolute Gasteiger partial charge is 0.479 e. The summed E-state index contributed by atoms with van der Waals surface area (Å²) < 4.78 is 26.7. The second-order valence-electron chi connectivity index (χ2n) is 5.95. The van der Waals surface area contributed by atoms with Gasteiger partial charge in [0, 0.05) is 20.8 Å². The molecule has 1 aliphatic rings. The highest BCUT2D eigenvalue weighted by Crippen LogP contribution is 2.37. The number of ether oxygens (including phenoxy) is 5. The number of carbonyl (C=O) groups excluding carboxylic acids is 3. The van der Waals surface area contributed by atoms with Gasteiger partial charge in [-0.25, -0.2) is 4.79 Å². The zero-order valence-corrected chi connectivity index (χ0v) is 15.4. The Bertz CT molecular complexity index is 746. The number of aliphatic carboxylic acids is 1. The van der Waals surface area contributed by atoms with E-state index in [2.05, 4.69) is 0 Å². The van der Waals surface area contributed by atoms with Crippen molar-refractivity contribution in [2.24, 2.45) is 0 Å². The molecule has 0 spiro atoms. The third-order valence-corrected chi connectivity index (χ3v) is 3.72. The maximum Gasteiger partial charge on any atom is 0.337 e. The van der Waals surface area contributed by atoms with Gasteiger partial charge in [-0.1, -0.05) is 18.2 Å². The van der Waals surface area contributed by atoms with E-state index in [0.29, 0.717) is 0 Å². The monoisotopic (exact) mass is 396 g/mol. The van der Waals surface area contributed by atoms with E-state index in [-0.39, 0.29) is 5.75 Å². The molecule has 2 rings (SSSR count). The molecule has 0 bridgehead atoms. The van der Waals surface area contributed by atoms with Crippen molar-refractivity contribution in [3.8, 4) is 5.75 Å². The third-order valence-electron chi connectivity index (χ3n) is 3.72. The highest BCUT2D eigenvalue weighted by atomic mass is 16.8. The van der Waals surface area contributed by atoms with Crippen molar-refractivity contribution in [3.05, 3.63) is 30.3 Å². The molecule has 0 aliphatic carbocycles. The summed E-state index contributed by atoms with van der Waals surface area (Å²) in [4.78, 5) is 46.8. The van der Waals surface area contributed by atoms with E-state index in [4.69, 9.17) is 23.7 Å². The first-order valence-corrected chi connectivity index (χ1v) is 8.28. The van der Waals surface area contributed by atoms with Crippen molar-refractivity contribution in [2.75, 3.05) is 6.61 Å². The van der Waals surface area contributed by atoms with Crippen LogP contribution >= 0.6 is 0 Å². The number of hydrogen-bond donors (Lipinski definition) is 1. The van der Waals surface area contributed by atoms with Crippen LogP contribution in [0.1, 0.15) is 20.8 Å². The number of carbonyl (C=O) groups is 4. The third kappa shape index (κ3) is 4.77. The quantitative estimate of drug-likeness (QED) is 0.415. The first-order valence-electron chi connectivity index (χ1n) is 8.28. The van der Waals surface area contributed by atoms with E-state index in [1.54, 1.807) is 18.2 Å². The SMILES string of the molecule is CC(=O)OC1COC(C(=O)O)C(OC(C)=O)C1(OC(C)=O)Oc1ccccc1. The van der Waals surface area contributed by atoms with Gasteiger partial charge in [-0.15, -0.1) is 0 Å². The van der Waals surface area contributed by atoms with Crippen molar-refractivity contribution in [2.45, 2.75) is 44.9 Å². The van der Waals surface area contributed by atoms with E-state index in [1.165, 1.54) is 12.1 Å². The van der Waals surface area contributed by atoms with Crippen molar-refractivity contribution in [1.29, 1.82) is 0 Å². The number of carboxylic acid groups (broad SMARTS) is 1. The standard InChI is InChI=1S/C18H20O10/c1-10(19)25-14-9-24-15(17(22)23)16(26-11(2)20)18(14,27-12(3)21)28-13-7-5-4-6-8-13/h4-8,14-16H,9H2,1-3H3,(H,22,23). The molecule has 1 fully saturated rings. The van der Waals surface area contributed by atoms with Crippen molar-refractivity contribution < 1.29 is 48.0 Å². The summed E-state index contributed by atoms with van der Waals surface area (Å²) in [7, 11) is 0. The Morgan fingerprint density at radius 1 is 1.00 bits per heavy atom. The molecule has 4 atom stereocenters. The molecule has 0 amide bonds. The Morgan fingerprint density at radius 2 is 1.61 bits per heavy atom. The van der Waals surface area contributed by atoms with Gasteiger partial charge < -0.3 is 28.8 Å². The van der Waals surface area contributed by atoms with E-state index in [0.717, 1.165) is 20.8 Å². The zero-order valence-electron chi connectivity index (χ0n) is 15.4. The summed E-state index contributed by atoms with van der Waals surface area (Å²) in [5.41, 5.74) is 0. The maximum atomic E-state index is 11.9. The maximum absolute atomic E-state index is 11.9. The lowest BCUT2D eigenvalue weighted by Crippen LogP contribution is -2.71. The van der Waals surface area contributed by atoms with E-state index in [9.17, 15) is 24.3 Å². The molecule has 28 heavy (non-hydrogen) atoms. The van der Waals surface area contributed by atoms with Crippen LogP contribution in [0.15, 0.2) is 30.3 Å². The number of benzene rings is 1. The number of para-hydroxylation sites is 1. The lowest BCUT2D eigenvalue weighted by atomic mass is 9.94. The molecular weight excluding hydrogens is 376 g/mol. The molecule has 1 saturated heterocycles. The molecule has 1 aromatic rings. The number of rotatable bonds is 6. The minimum atomic E-state index is -2.29. The Labute approximate surface area is 160 Å².